The number of carboxylic acids is 1. The third kappa shape index (κ3) is 4.22. The van der Waals surface area contributed by atoms with Crippen LogP contribution in [0.5, 0.6) is 5.75 Å². The zero-order chi connectivity index (χ0) is 17.0. The molecule has 2 N–H and O–H groups in total. The third-order valence-corrected chi connectivity index (χ3v) is 4.71. The molecule has 0 radical (unpaired) electrons. The van der Waals surface area contributed by atoms with Gasteiger partial charge < -0.3 is 9.84 Å². The lowest BCUT2D eigenvalue weighted by Crippen LogP contribution is -2.24. The molecule has 0 amide bonds. The quantitative estimate of drug-likeness (QED) is 0.830. The summed E-state index contributed by atoms with van der Waals surface area (Å²) in [6, 6.07) is 10.3. The summed E-state index contributed by atoms with van der Waals surface area (Å²) in [5.74, 6) is -0.910. The van der Waals surface area contributed by atoms with E-state index in [0.29, 0.717) is 5.56 Å². The van der Waals surface area contributed by atoms with Crippen LogP contribution in [0.3, 0.4) is 0 Å². The second kappa shape index (κ2) is 6.99. The van der Waals surface area contributed by atoms with Crippen LogP contribution in [0.1, 0.15) is 15.9 Å². The van der Waals surface area contributed by atoms with Crippen molar-refractivity contribution < 1.29 is 23.1 Å². The maximum absolute atomic E-state index is 12.4. The molecule has 0 unspecified atom stereocenters. The summed E-state index contributed by atoms with van der Waals surface area (Å²) < 4.78 is 32.2. The van der Waals surface area contributed by atoms with Gasteiger partial charge in [0.15, 0.2) is 0 Å². The monoisotopic (exact) mass is 355 g/mol. The molecule has 8 heteroatoms. The minimum atomic E-state index is -3.86. The van der Waals surface area contributed by atoms with Crippen LogP contribution in [0, 0.1) is 0 Å². The number of carbonyl (C=O) groups is 1. The predicted molar refractivity (Wildman–Crippen MR) is 85.4 cm³/mol. The number of benzene rings is 2. The van der Waals surface area contributed by atoms with E-state index in [1.165, 1.54) is 37.4 Å². The zero-order valence-corrected chi connectivity index (χ0v) is 13.7. The molecule has 0 heterocycles. The van der Waals surface area contributed by atoms with Gasteiger partial charge in [-0.2, -0.15) is 0 Å². The van der Waals surface area contributed by atoms with E-state index in [1.54, 1.807) is 12.1 Å². The Morgan fingerprint density at radius 3 is 2.65 bits per heavy atom. The lowest BCUT2D eigenvalue weighted by Gasteiger charge is -2.11. The molecule has 122 valence electrons. The molecule has 0 saturated carbocycles. The standard InChI is InChI=1S/C15H14ClNO5S/c1-22-13-6-5-12(16)8-14(13)23(20,21)17-9-10-3-2-4-11(7-10)15(18)19/h2-8,17H,9H2,1H3,(H,18,19). The Morgan fingerprint density at radius 1 is 1.26 bits per heavy atom. The number of hydrogen-bond acceptors (Lipinski definition) is 4. The van der Waals surface area contributed by atoms with Gasteiger partial charge in [0.05, 0.1) is 12.7 Å². The lowest BCUT2D eigenvalue weighted by atomic mass is 10.1. The largest absolute Gasteiger partial charge is 0.495 e. The van der Waals surface area contributed by atoms with Crippen LogP contribution in [0.4, 0.5) is 0 Å². The summed E-state index contributed by atoms with van der Waals surface area (Å²) in [4.78, 5) is 10.8. The number of aromatic carboxylic acids is 1. The summed E-state index contributed by atoms with van der Waals surface area (Å²) >= 11 is 5.84. The number of sulfonamides is 1. The fourth-order valence-corrected chi connectivity index (χ4v) is 3.38. The number of carboxylic acid groups (broad SMARTS) is 1. The number of nitrogens with one attached hydrogen (secondary N) is 1. The van der Waals surface area contributed by atoms with Crippen molar-refractivity contribution >= 4 is 27.6 Å². The number of halogens is 1. The fraction of sp³-hybridized carbons (Fsp3) is 0.133. The van der Waals surface area contributed by atoms with Crippen molar-refractivity contribution in [2.45, 2.75) is 11.4 Å². The van der Waals surface area contributed by atoms with E-state index < -0.39 is 16.0 Å². The summed E-state index contributed by atoms with van der Waals surface area (Å²) in [5.41, 5.74) is 0.608. The van der Waals surface area contributed by atoms with Crippen molar-refractivity contribution in [3.8, 4) is 5.75 Å². The first kappa shape index (κ1) is 17.3. The van der Waals surface area contributed by atoms with E-state index in [2.05, 4.69) is 4.72 Å². The van der Waals surface area contributed by atoms with Crippen molar-refractivity contribution in [1.29, 1.82) is 0 Å². The van der Waals surface area contributed by atoms with Gasteiger partial charge in [-0.05, 0) is 35.9 Å². The van der Waals surface area contributed by atoms with Gasteiger partial charge in [0.1, 0.15) is 10.6 Å². The van der Waals surface area contributed by atoms with Crippen molar-refractivity contribution in [3.63, 3.8) is 0 Å². The normalized spacial score (nSPS) is 11.2. The molecule has 0 aliphatic rings. The lowest BCUT2D eigenvalue weighted by molar-refractivity contribution is 0.0696. The third-order valence-electron chi connectivity index (χ3n) is 3.06. The highest BCUT2D eigenvalue weighted by atomic mass is 35.5. The molecule has 0 saturated heterocycles. The molecule has 0 aliphatic heterocycles. The molecule has 0 spiro atoms. The molecular weight excluding hydrogens is 342 g/mol. The minimum Gasteiger partial charge on any atom is -0.495 e. The number of methoxy groups -OCH3 is 1. The molecule has 2 aromatic rings. The Hall–Kier alpha value is -2.09. The van der Waals surface area contributed by atoms with Gasteiger partial charge in [0, 0.05) is 11.6 Å². The van der Waals surface area contributed by atoms with E-state index >= 15 is 0 Å². The van der Waals surface area contributed by atoms with Crippen LogP contribution in [0.15, 0.2) is 47.4 Å². The summed E-state index contributed by atoms with van der Waals surface area (Å²) in [5, 5.41) is 9.21. The van der Waals surface area contributed by atoms with E-state index in [1.807, 2.05) is 0 Å². The molecule has 2 rings (SSSR count). The predicted octanol–water partition coefficient (Wildman–Crippen LogP) is 2.53. The molecular formula is C15H14ClNO5S. The Balaban J connectivity index is 2.24. The fourth-order valence-electron chi connectivity index (χ4n) is 1.93. The highest BCUT2D eigenvalue weighted by Gasteiger charge is 2.20. The number of hydrogen-bond donors (Lipinski definition) is 2. The average molecular weight is 356 g/mol. The number of rotatable bonds is 6. The Labute approximate surface area is 138 Å². The van der Waals surface area contributed by atoms with Gasteiger partial charge in [-0.15, -0.1) is 0 Å². The molecule has 6 nitrogen and oxygen atoms in total. The first-order valence-electron chi connectivity index (χ1n) is 6.49. The van der Waals surface area contributed by atoms with E-state index in [9.17, 15) is 13.2 Å². The Morgan fingerprint density at radius 2 is 2.00 bits per heavy atom. The summed E-state index contributed by atoms with van der Waals surface area (Å²) in [7, 11) is -2.50. The van der Waals surface area contributed by atoms with Crippen LogP contribution >= 0.6 is 11.6 Å². The van der Waals surface area contributed by atoms with E-state index in [0.717, 1.165) is 0 Å². The average Bonchev–Trinajstić information content (AvgIpc) is 2.53. The van der Waals surface area contributed by atoms with E-state index in [-0.39, 0.29) is 27.8 Å². The highest BCUT2D eigenvalue weighted by molar-refractivity contribution is 7.89. The van der Waals surface area contributed by atoms with Crippen molar-refractivity contribution in [2.24, 2.45) is 0 Å². The topological polar surface area (TPSA) is 92.7 Å². The molecule has 0 aliphatic carbocycles. The Bertz CT molecular complexity index is 836. The van der Waals surface area contributed by atoms with Crippen LogP contribution in [0.25, 0.3) is 0 Å². The smallest absolute Gasteiger partial charge is 0.335 e. The molecule has 0 atom stereocenters. The van der Waals surface area contributed by atoms with Gasteiger partial charge >= 0.3 is 5.97 Å². The second-order valence-electron chi connectivity index (χ2n) is 4.63. The SMILES string of the molecule is COc1ccc(Cl)cc1S(=O)(=O)NCc1cccc(C(=O)O)c1. The van der Waals surface area contributed by atoms with Crippen molar-refractivity contribution in [3.05, 3.63) is 58.6 Å². The molecule has 2 aromatic carbocycles. The maximum atomic E-state index is 12.4. The summed E-state index contributed by atoms with van der Waals surface area (Å²) in [6.45, 7) is -0.0564. The van der Waals surface area contributed by atoms with Gasteiger partial charge in [-0.3, -0.25) is 0 Å². The molecule has 0 fully saturated rings. The molecule has 0 bridgehead atoms. The van der Waals surface area contributed by atoms with Crippen LogP contribution in [-0.4, -0.2) is 26.6 Å². The first-order chi connectivity index (χ1) is 10.8. The first-order valence-corrected chi connectivity index (χ1v) is 8.35. The number of ether oxygens (including phenoxy) is 1. The zero-order valence-electron chi connectivity index (χ0n) is 12.1. The van der Waals surface area contributed by atoms with Crippen LogP contribution in [0.2, 0.25) is 5.02 Å². The highest BCUT2D eigenvalue weighted by Crippen LogP contribution is 2.27. The van der Waals surface area contributed by atoms with Gasteiger partial charge in [0.25, 0.3) is 0 Å². The molecule has 23 heavy (non-hydrogen) atoms. The van der Waals surface area contributed by atoms with E-state index in [4.69, 9.17) is 21.4 Å². The maximum Gasteiger partial charge on any atom is 0.335 e. The van der Waals surface area contributed by atoms with Gasteiger partial charge in [0.2, 0.25) is 10.0 Å². The van der Waals surface area contributed by atoms with Crippen molar-refractivity contribution in [2.75, 3.05) is 7.11 Å². The van der Waals surface area contributed by atoms with Crippen molar-refractivity contribution in [1.82, 2.24) is 4.72 Å². The van der Waals surface area contributed by atoms with Crippen LogP contribution < -0.4 is 9.46 Å². The molecule has 0 aromatic heterocycles. The Kier molecular flexibility index (Phi) is 5.25. The van der Waals surface area contributed by atoms with Gasteiger partial charge in [-0.25, -0.2) is 17.9 Å². The summed E-state index contributed by atoms with van der Waals surface area (Å²) in [6.07, 6.45) is 0. The van der Waals surface area contributed by atoms with Crippen LogP contribution in [-0.2, 0) is 16.6 Å². The second-order valence-corrected chi connectivity index (χ2v) is 6.80. The minimum absolute atomic E-state index is 0.0564. The van der Waals surface area contributed by atoms with Gasteiger partial charge in [-0.1, -0.05) is 23.7 Å².